The number of benzene rings is 1. The number of amides is 1. The van der Waals surface area contributed by atoms with Gasteiger partial charge in [0, 0.05) is 6.08 Å². The van der Waals surface area contributed by atoms with Crippen LogP contribution in [0.4, 0.5) is 4.39 Å². The number of hydrogen-bond donors (Lipinski definition) is 1. The van der Waals surface area contributed by atoms with Gasteiger partial charge in [0.15, 0.2) is 0 Å². The molecule has 0 spiro atoms. The minimum absolute atomic E-state index is 0.272. The molecule has 0 fully saturated rings. The van der Waals surface area contributed by atoms with Crippen LogP contribution in [0.1, 0.15) is 36.8 Å². The molecular formula is C13H14FNO. The molecule has 0 saturated carbocycles. The maximum absolute atomic E-state index is 13.2. The highest BCUT2D eigenvalue weighted by Gasteiger charge is 2.25. The molecule has 1 aromatic carbocycles. The van der Waals surface area contributed by atoms with Gasteiger partial charge in [-0.1, -0.05) is 13.0 Å². The average molecular weight is 219 g/mol. The van der Waals surface area contributed by atoms with Crippen LogP contribution in [0, 0.1) is 5.82 Å². The molecule has 0 heterocycles. The van der Waals surface area contributed by atoms with Gasteiger partial charge in [0.1, 0.15) is 5.82 Å². The zero-order chi connectivity index (χ0) is 11.7. The number of rotatable bonds is 2. The van der Waals surface area contributed by atoms with E-state index in [1.165, 1.54) is 18.2 Å². The summed E-state index contributed by atoms with van der Waals surface area (Å²) in [5.74, 6) is -0.367. The number of nitrogens with two attached hydrogens (primary N) is 1. The Morgan fingerprint density at radius 3 is 3.00 bits per heavy atom. The van der Waals surface area contributed by atoms with Crippen molar-refractivity contribution in [2.45, 2.75) is 25.7 Å². The van der Waals surface area contributed by atoms with E-state index in [0.717, 1.165) is 29.5 Å². The monoisotopic (exact) mass is 219 g/mol. The van der Waals surface area contributed by atoms with Gasteiger partial charge >= 0.3 is 0 Å². The van der Waals surface area contributed by atoms with Crippen LogP contribution >= 0.6 is 0 Å². The third-order valence-corrected chi connectivity index (χ3v) is 3.08. The van der Waals surface area contributed by atoms with Crippen LogP contribution in [0.25, 0.3) is 5.57 Å². The molecule has 0 radical (unpaired) electrons. The van der Waals surface area contributed by atoms with Crippen molar-refractivity contribution < 1.29 is 9.18 Å². The minimum atomic E-state index is -0.470. The van der Waals surface area contributed by atoms with E-state index in [0.29, 0.717) is 5.92 Å². The Morgan fingerprint density at radius 1 is 1.62 bits per heavy atom. The first-order valence-electron chi connectivity index (χ1n) is 5.41. The topological polar surface area (TPSA) is 43.1 Å². The molecule has 1 atom stereocenters. The number of carbonyl (C=O) groups is 1. The smallest absolute Gasteiger partial charge is 0.241 e. The van der Waals surface area contributed by atoms with Crippen molar-refractivity contribution >= 4 is 11.5 Å². The van der Waals surface area contributed by atoms with Crippen LogP contribution in [0.2, 0.25) is 0 Å². The Labute approximate surface area is 94.0 Å². The number of carbonyl (C=O) groups excluding carboxylic acids is 1. The average Bonchev–Trinajstić information content (AvgIpc) is 2.55. The van der Waals surface area contributed by atoms with Gasteiger partial charge in [-0.25, -0.2) is 4.39 Å². The number of halogens is 1. The third-order valence-electron chi connectivity index (χ3n) is 3.08. The lowest BCUT2D eigenvalue weighted by molar-refractivity contribution is -0.113. The Bertz CT molecular complexity index is 465. The van der Waals surface area contributed by atoms with Gasteiger partial charge in [0.05, 0.1) is 0 Å². The maximum Gasteiger partial charge on any atom is 0.241 e. The summed E-state index contributed by atoms with van der Waals surface area (Å²) in [7, 11) is 0. The summed E-state index contributed by atoms with van der Waals surface area (Å²) < 4.78 is 13.2. The highest BCUT2D eigenvalue weighted by atomic mass is 19.1. The minimum Gasteiger partial charge on any atom is -0.366 e. The molecule has 1 unspecified atom stereocenters. The Hall–Kier alpha value is -1.64. The highest BCUT2D eigenvalue weighted by molar-refractivity contribution is 5.95. The fourth-order valence-corrected chi connectivity index (χ4v) is 2.32. The maximum atomic E-state index is 13.2. The molecule has 84 valence electrons. The molecule has 0 bridgehead atoms. The summed E-state index contributed by atoms with van der Waals surface area (Å²) in [6.07, 6.45) is 3.17. The van der Waals surface area contributed by atoms with E-state index in [4.69, 9.17) is 5.73 Å². The first-order valence-corrected chi connectivity index (χ1v) is 5.41. The van der Waals surface area contributed by atoms with E-state index in [1.807, 2.05) is 0 Å². The lowest BCUT2D eigenvalue weighted by atomic mass is 9.99. The molecule has 1 aliphatic carbocycles. The van der Waals surface area contributed by atoms with Gasteiger partial charge < -0.3 is 5.73 Å². The zero-order valence-electron chi connectivity index (χ0n) is 9.16. The van der Waals surface area contributed by atoms with Gasteiger partial charge in [-0.15, -0.1) is 0 Å². The normalized spacial score (nSPS) is 21.1. The Balaban J connectivity index is 2.51. The molecule has 2 nitrogen and oxygen atoms in total. The van der Waals surface area contributed by atoms with E-state index in [-0.39, 0.29) is 5.82 Å². The standard InChI is InChI=1S/C13H14FNO/c1-2-8-5-9(6-13(15)16)12-7-10(14)3-4-11(8)12/h3-4,6-8H,2,5H2,1H3,(H2,15,16)/b9-6-. The summed E-state index contributed by atoms with van der Waals surface area (Å²) in [6, 6.07) is 4.76. The summed E-state index contributed by atoms with van der Waals surface area (Å²) in [5.41, 5.74) is 7.96. The fraction of sp³-hybridized carbons (Fsp3) is 0.308. The third kappa shape index (κ3) is 1.85. The van der Waals surface area contributed by atoms with Crippen LogP contribution in [0.3, 0.4) is 0 Å². The van der Waals surface area contributed by atoms with Gasteiger partial charge in [0.25, 0.3) is 0 Å². The number of primary amides is 1. The summed E-state index contributed by atoms with van der Waals surface area (Å²) in [5, 5.41) is 0. The highest BCUT2D eigenvalue weighted by Crippen LogP contribution is 2.42. The second-order valence-electron chi connectivity index (χ2n) is 4.11. The Morgan fingerprint density at radius 2 is 2.38 bits per heavy atom. The van der Waals surface area contributed by atoms with E-state index < -0.39 is 5.91 Å². The van der Waals surface area contributed by atoms with Crippen molar-refractivity contribution in [2.24, 2.45) is 5.73 Å². The van der Waals surface area contributed by atoms with E-state index in [2.05, 4.69) is 6.92 Å². The van der Waals surface area contributed by atoms with Crippen LogP contribution in [-0.2, 0) is 4.79 Å². The number of hydrogen-bond acceptors (Lipinski definition) is 1. The van der Waals surface area contributed by atoms with Crippen LogP contribution < -0.4 is 5.73 Å². The molecule has 1 amide bonds. The lowest BCUT2D eigenvalue weighted by Gasteiger charge is -2.06. The first kappa shape index (κ1) is 10.9. The second kappa shape index (κ2) is 4.08. The second-order valence-corrected chi connectivity index (χ2v) is 4.11. The molecule has 2 N–H and O–H groups in total. The Kier molecular flexibility index (Phi) is 2.77. The van der Waals surface area contributed by atoms with E-state index in [9.17, 15) is 9.18 Å². The van der Waals surface area contributed by atoms with Crippen molar-refractivity contribution in [2.75, 3.05) is 0 Å². The number of fused-ring (bicyclic) bond motifs is 1. The molecule has 16 heavy (non-hydrogen) atoms. The molecule has 1 aromatic rings. The van der Waals surface area contributed by atoms with Crippen LogP contribution in [0.5, 0.6) is 0 Å². The molecular weight excluding hydrogens is 205 g/mol. The summed E-state index contributed by atoms with van der Waals surface area (Å²) in [6.45, 7) is 2.09. The number of allylic oxidation sites excluding steroid dienone is 1. The van der Waals surface area contributed by atoms with Crippen LogP contribution in [0.15, 0.2) is 24.3 Å². The predicted molar refractivity (Wildman–Crippen MR) is 61.2 cm³/mol. The fourth-order valence-electron chi connectivity index (χ4n) is 2.32. The lowest BCUT2D eigenvalue weighted by Crippen LogP contribution is -2.06. The van der Waals surface area contributed by atoms with Crippen molar-refractivity contribution in [1.82, 2.24) is 0 Å². The van der Waals surface area contributed by atoms with Crippen molar-refractivity contribution in [3.63, 3.8) is 0 Å². The van der Waals surface area contributed by atoms with Gasteiger partial charge in [-0.2, -0.15) is 0 Å². The van der Waals surface area contributed by atoms with Gasteiger partial charge in [-0.3, -0.25) is 4.79 Å². The summed E-state index contributed by atoms with van der Waals surface area (Å²) >= 11 is 0. The van der Waals surface area contributed by atoms with Crippen molar-refractivity contribution in [1.29, 1.82) is 0 Å². The van der Waals surface area contributed by atoms with Crippen molar-refractivity contribution in [3.05, 3.63) is 41.2 Å². The molecule has 0 saturated heterocycles. The summed E-state index contributed by atoms with van der Waals surface area (Å²) in [4.78, 5) is 10.9. The molecule has 3 heteroatoms. The predicted octanol–water partition coefficient (Wildman–Crippen LogP) is 2.59. The molecule has 2 rings (SSSR count). The van der Waals surface area contributed by atoms with E-state index >= 15 is 0 Å². The quantitative estimate of drug-likeness (QED) is 0.763. The molecule has 1 aliphatic rings. The van der Waals surface area contributed by atoms with Gasteiger partial charge in [-0.05, 0) is 47.6 Å². The SMILES string of the molecule is CCC1C/C(=C/C(N)=O)c2cc(F)ccc21. The van der Waals surface area contributed by atoms with E-state index in [1.54, 1.807) is 6.07 Å². The first-order chi connectivity index (χ1) is 7.61. The zero-order valence-corrected chi connectivity index (χ0v) is 9.16. The molecule has 0 aliphatic heterocycles. The largest absolute Gasteiger partial charge is 0.366 e. The van der Waals surface area contributed by atoms with Gasteiger partial charge in [0.2, 0.25) is 5.91 Å². The molecule has 0 aromatic heterocycles. The van der Waals surface area contributed by atoms with Crippen LogP contribution in [-0.4, -0.2) is 5.91 Å². The van der Waals surface area contributed by atoms with Crippen molar-refractivity contribution in [3.8, 4) is 0 Å².